The van der Waals surface area contributed by atoms with E-state index in [4.69, 9.17) is 34.8 Å². The Labute approximate surface area is 174 Å². The van der Waals surface area contributed by atoms with E-state index in [0.717, 1.165) is 48.0 Å². The molecule has 3 nitrogen and oxygen atoms in total. The van der Waals surface area contributed by atoms with Gasteiger partial charge in [0.05, 0.1) is 5.52 Å². The number of nitrogens with zero attached hydrogens (tertiary/aromatic N) is 1. The van der Waals surface area contributed by atoms with E-state index in [-0.39, 0.29) is 0 Å². The highest BCUT2D eigenvalue weighted by Crippen LogP contribution is 2.30. The van der Waals surface area contributed by atoms with E-state index >= 15 is 0 Å². The van der Waals surface area contributed by atoms with E-state index in [1.165, 1.54) is 0 Å². The van der Waals surface area contributed by atoms with Gasteiger partial charge in [-0.25, -0.2) is 0 Å². The van der Waals surface area contributed by atoms with E-state index in [1.807, 2.05) is 42.6 Å². The second-order valence-corrected chi connectivity index (χ2v) is 8.32. The van der Waals surface area contributed by atoms with Gasteiger partial charge < -0.3 is 10.6 Å². The van der Waals surface area contributed by atoms with Crippen LogP contribution < -0.4 is 10.6 Å². The maximum absolute atomic E-state index is 6.09. The third-order valence-corrected chi connectivity index (χ3v) is 5.70. The zero-order valence-corrected chi connectivity index (χ0v) is 17.0. The Morgan fingerprint density at radius 3 is 2.11 bits per heavy atom. The molecule has 0 amide bonds. The summed E-state index contributed by atoms with van der Waals surface area (Å²) >= 11 is 18.3. The average molecular weight is 421 g/mol. The Balaban J connectivity index is 1.38. The fourth-order valence-electron chi connectivity index (χ4n) is 3.72. The molecule has 2 aromatic carbocycles. The molecule has 2 N–H and O–H groups in total. The number of anilines is 2. The molecular weight excluding hydrogens is 401 g/mol. The van der Waals surface area contributed by atoms with E-state index < -0.39 is 0 Å². The zero-order valence-electron chi connectivity index (χ0n) is 14.7. The molecule has 140 valence electrons. The molecule has 0 aliphatic heterocycles. The number of hydrogen-bond donors (Lipinski definition) is 2. The van der Waals surface area contributed by atoms with Crippen molar-refractivity contribution in [2.45, 2.75) is 37.8 Å². The van der Waals surface area contributed by atoms with Gasteiger partial charge in [-0.1, -0.05) is 34.8 Å². The van der Waals surface area contributed by atoms with E-state index in [9.17, 15) is 0 Å². The van der Waals surface area contributed by atoms with Gasteiger partial charge in [0.25, 0.3) is 0 Å². The molecule has 4 rings (SSSR count). The van der Waals surface area contributed by atoms with E-state index in [0.29, 0.717) is 27.2 Å². The van der Waals surface area contributed by atoms with Crippen molar-refractivity contribution in [3.8, 4) is 0 Å². The second kappa shape index (κ2) is 8.14. The van der Waals surface area contributed by atoms with Crippen LogP contribution in [0.5, 0.6) is 0 Å². The fraction of sp³-hybridized carbons (Fsp3) is 0.286. The van der Waals surface area contributed by atoms with E-state index in [2.05, 4.69) is 15.6 Å². The Hall–Kier alpha value is -1.68. The lowest BCUT2D eigenvalue weighted by Crippen LogP contribution is -2.32. The van der Waals surface area contributed by atoms with Crippen LogP contribution in [0.2, 0.25) is 15.1 Å². The number of benzene rings is 2. The Kier molecular flexibility index (Phi) is 5.63. The van der Waals surface area contributed by atoms with Crippen LogP contribution in [-0.2, 0) is 0 Å². The molecule has 1 aliphatic carbocycles. The Morgan fingerprint density at radius 1 is 0.741 bits per heavy atom. The first-order chi connectivity index (χ1) is 13.1. The van der Waals surface area contributed by atoms with Gasteiger partial charge in [-0.2, -0.15) is 0 Å². The Bertz CT molecular complexity index is 932. The summed E-state index contributed by atoms with van der Waals surface area (Å²) in [7, 11) is 0. The number of fused-ring (bicyclic) bond motifs is 1. The maximum atomic E-state index is 6.09. The fourth-order valence-corrected chi connectivity index (χ4v) is 4.41. The molecule has 0 bridgehead atoms. The van der Waals surface area contributed by atoms with Crippen LogP contribution in [0.3, 0.4) is 0 Å². The molecule has 0 spiro atoms. The Morgan fingerprint density at radius 2 is 1.41 bits per heavy atom. The standard InChI is InChI=1S/C21H20Cl3N3/c22-13-1-6-19-20(7-8-25-21(19)12-13)27-17-4-2-16(3-5-17)26-18-10-14(23)9-15(24)11-18/h1,6-12,16-17,26H,2-5H2,(H,25,27). The summed E-state index contributed by atoms with van der Waals surface area (Å²) in [5, 5.41) is 10.4. The predicted molar refractivity (Wildman–Crippen MR) is 117 cm³/mol. The minimum atomic E-state index is 0.436. The molecule has 0 unspecified atom stereocenters. The SMILES string of the molecule is Clc1cc(Cl)cc(NC2CCC(Nc3ccnc4cc(Cl)ccc34)CC2)c1. The van der Waals surface area contributed by atoms with Crippen molar-refractivity contribution in [2.24, 2.45) is 0 Å². The highest BCUT2D eigenvalue weighted by molar-refractivity contribution is 6.35. The first-order valence-corrected chi connectivity index (χ1v) is 10.2. The number of nitrogens with one attached hydrogen (secondary N) is 2. The van der Waals surface area contributed by atoms with Gasteiger partial charge >= 0.3 is 0 Å². The zero-order chi connectivity index (χ0) is 18.8. The highest BCUT2D eigenvalue weighted by Gasteiger charge is 2.21. The third kappa shape index (κ3) is 4.60. The maximum Gasteiger partial charge on any atom is 0.0737 e. The van der Waals surface area contributed by atoms with Crippen LogP contribution in [0.25, 0.3) is 10.9 Å². The summed E-state index contributed by atoms with van der Waals surface area (Å²) in [5.41, 5.74) is 3.02. The van der Waals surface area contributed by atoms with Crippen LogP contribution >= 0.6 is 34.8 Å². The van der Waals surface area contributed by atoms with Crippen molar-refractivity contribution in [1.29, 1.82) is 0 Å². The molecule has 1 fully saturated rings. The van der Waals surface area contributed by atoms with Gasteiger partial charge in [0, 0.05) is 50.1 Å². The van der Waals surface area contributed by atoms with Gasteiger partial charge in [0.15, 0.2) is 0 Å². The van der Waals surface area contributed by atoms with Crippen molar-refractivity contribution >= 4 is 57.1 Å². The van der Waals surface area contributed by atoms with Gasteiger partial charge in [-0.3, -0.25) is 4.98 Å². The molecule has 3 aromatic rings. The molecule has 27 heavy (non-hydrogen) atoms. The lowest BCUT2D eigenvalue weighted by Gasteiger charge is -2.31. The number of rotatable bonds is 4. The molecule has 6 heteroatoms. The highest BCUT2D eigenvalue weighted by atomic mass is 35.5. The number of aromatic nitrogens is 1. The smallest absolute Gasteiger partial charge is 0.0737 e. The van der Waals surface area contributed by atoms with Gasteiger partial charge in [0.2, 0.25) is 0 Å². The topological polar surface area (TPSA) is 37.0 Å². The van der Waals surface area contributed by atoms with Crippen LogP contribution in [0.1, 0.15) is 25.7 Å². The van der Waals surface area contributed by atoms with Crippen molar-refractivity contribution < 1.29 is 0 Å². The van der Waals surface area contributed by atoms with Crippen molar-refractivity contribution in [1.82, 2.24) is 4.98 Å². The molecule has 1 saturated carbocycles. The molecule has 0 radical (unpaired) electrons. The summed E-state index contributed by atoms with van der Waals surface area (Å²) in [6.07, 6.45) is 6.22. The van der Waals surface area contributed by atoms with Crippen LogP contribution in [0.15, 0.2) is 48.7 Å². The van der Waals surface area contributed by atoms with Gasteiger partial charge in [0.1, 0.15) is 0 Å². The summed E-state index contributed by atoms with van der Waals surface area (Å²) in [4.78, 5) is 4.41. The first kappa shape index (κ1) is 18.7. The quantitative estimate of drug-likeness (QED) is 0.475. The molecule has 1 aliphatic rings. The molecule has 0 saturated heterocycles. The number of halogens is 3. The minimum Gasteiger partial charge on any atom is -0.382 e. The largest absolute Gasteiger partial charge is 0.382 e. The monoisotopic (exact) mass is 419 g/mol. The van der Waals surface area contributed by atoms with Crippen LogP contribution in [-0.4, -0.2) is 17.1 Å². The molecule has 1 heterocycles. The molecular formula is C21H20Cl3N3. The van der Waals surface area contributed by atoms with Crippen LogP contribution in [0.4, 0.5) is 11.4 Å². The molecule has 0 atom stereocenters. The number of pyridine rings is 1. The summed E-state index contributed by atoms with van der Waals surface area (Å²) in [6.45, 7) is 0. The lowest BCUT2D eigenvalue weighted by atomic mass is 9.90. The first-order valence-electron chi connectivity index (χ1n) is 9.10. The van der Waals surface area contributed by atoms with Gasteiger partial charge in [-0.05, 0) is 68.1 Å². The van der Waals surface area contributed by atoms with Gasteiger partial charge in [-0.15, -0.1) is 0 Å². The third-order valence-electron chi connectivity index (χ3n) is 5.02. The predicted octanol–water partition coefficient (Wildman–Crippen LogP) is 7.03. The summed E-state index contributed by atoms with van der Waals surface area (Å²) < 4.78 is 0. The van der Waals surface area contributed by atoms with Crippen LogP contribution in [0, 0.1) is 0 Å². The summed E-state index contributed by atoms with van der Waals surface area (Å²) in [5.74, 6) is 0. The normalized spacial score (nSPS) is 19.8. The second-order valence-electron chi connectivity index (χ2n) is 7.02. The molecule has 1 aromatic heterocycles. The lowest BCUT2D eigenvalue weighted by molar-refractivity contribution is 0.429. The van der Waals surface area contributed by atoms with Crippen molar-refractivity contribution in [3.63, 3.8) is 0 Å². The van der Waals surface area contributed by atoms with E-state index in [1.54, 1.807) is 6.07 Å². The minimum absolute atomic E-state index is 0.436. The average Bonchev–Trinajstić information content (AvgIpc) is 2.62. The van der Waals surface area contributed by atoms with Crippen molar-refractivity contribution in [2.75, 3.05) is 10.6 Å². The number of hydrogen-bond acceptors (Lipinski definition) is 3. The summed E-state index contributed by atoms with van der Waals surface area (Å²) in [6, 6.07) is 14.4. The van der Waals surface area contributed by atoms with Crippen molar-refractivity contribution in [3.05, 3.63) is 63.7 Å².